The quantitative estimate of drug-likeness (QED) is 0.835. The molecule has 134 valence electrons. The van der Waals surface area contributed by atoms with Gasteiger partial charge in [0, 0.05) is 19.1 Å². The molecule has 1 aliphatic rings. The molecule has 2 atom stereocenters. The van der Waals surface area contributed by atoms with Crippen LogP contribution >= 0.6 is 0 Å². The number of carbonyl (C=O) groups excluding carboxylic acids is 1. The van der Waals surface area contributed by atoms with Crippen molar-refractivity contribution < 1.29 is 18.3 Å². The van der Waals surface area contributed by atoms with Gasteiger partial charge in [-0.2, -0.15) is 0 Å². The van der Waals surface area contributed by atoms with Gasteiger partial charge in [-0.1, -0.05) is 19.1 Å². The van der Waals surface area contributed by atoms with Crippen LogP contribution in [0.3, 0.4) is 0 Å². The van der Waals surface area contributed by atoms with Crippen LogP contribution in [0.15, 0.2) is 40.8 Å². The van der Waals surface area contributed by atoms with Crippen LogP contribution < -0.4 is 4.74 Å². The molecule has 1 saturated heterocycles. The predicted octanol–water partition coefficient (Wildman–Crippen LogP) is 3.02. The molecular formula is C19H23FN2O3. The molecule has 1 fully saturated rings. The molecule has 2 heterocycles. The van der Waals surface area contributed by atoms with E-state index < -0.39 is 5.82 Å². The van der Waals surface area contributed by atoms with Crippen molar-refractivity contribution >= 4 is 5.91 Å². The summed E-state index contributed by atoms with van der Waals surface area (Å²) < 4.78 is 24.6. The molecule has 1 amide bonds. The molecule has 0 unspecified atom stereocenters. The minimum absolute atomic E-state index is 0.0743. The summed E-state index contributed by atoms with van der Waals surface area (Å²) in [6, 6.07) is 9.88. The first kappa shape index (κ1) is 17.5. The van der Waals surface area contributed by atoms with Gasteiger partial charge in [0.2, 0.25) is 0 Å². The Bertz CT molecular complexity index is 744. The number of halogens is 1. The van der Waals surface area contributed by atoms with Crippen molar-refractivity contribution in [3.05, 3.63) is 53.7 Å². The topological polar surface area (TPSA) is 45.9 Å². The number of furan rings is 1. The summed E-state index contributed by atoms with van der Waals surface area (Å²) in [5.41, 5.74) is 0. The second-order valence-corrected chi connectivity index (χ2v) is 6.70. The number of hydrogen-bond donors (Lipinski definition) is 0. The fourth-order valence-corrected chi connectivity index (χ4v) is 3.22. The highest BCUT2D eigenvalue weighted by atomic mass is 19.1. The van der Waals surface area contributed by atoms with E-state index in [0.717, 1.165) is 0 Å². The molecule has 2 aromatic rings. The maximum absolute atomic E-state index is 13.5. The number of likely N-dealkylation sites (N-methyl/N-ethyl adjacent to an activating group) is 1. The summed E-state index contributed by atoms with van der Waals surface area (Å²) >= 11 is 0. The minimum atomic E-state index is -0.425. The Morgan fingerprint density at radius 3 is 2.72 bits per heavy atom. The van der Waals surface area contributed by atoms with Gasteiger partial charge >= 0.3 is 0 Å². The number of amides is 1. The maximum Gasteiger partial charge on any atom is 0.289 e. The van der Waals surface area contributed by atoms with Gasteiger partial charge in [0.25, 0.3) is 5.91 Å². The first-order chi connectivity index (χ1) is 12.0. The van der Waals surface area contributed by atoms with Crippen molar-refractivity contribution in [1.82, 2.24) is 9.80 Å². The van der Waals surface area contributed by atoms with Crippen molar-refractivity contribution in [2.45, 2.75) is 19.6 Å². The summed E-state index contributed by atoms with van der Waals surface area (Å²) in [5.74, 6) is 0.813. The number of carbonyl (C=O) groups is 1. The molecule has 0 radical (unpaired) electrons. The molecule has 3 rings (SSSR count). The van der Waals surface area contributed by atoms with Crippen LogP contribution in [0.2, 0.25) is 0 Å². The highest BCUT2D eigenvalue weighted by molar-refractivity contribution is 5.91. The zero-order valence-corrected chi connectivity index (χ0v) is 14.7. The summed E-state index contributed by atoms with van der Waals surface area (Å²) in [6.07, 6.45) is 0. The third-order valence-corrected chi connectivity index (χ3v) is 4.60. The van der Waals surface area contributed by atoms with Crippen LogP contribution in [0.1, 0.15) is 23.2 Å². The lowest BCUT2D eigenvalue weighted by atomic mass is 10.1. The fourth-order valence-electron chi connectivity index (χ4n) is 3.22. The first-order valence-electron chi connectivity index (χ1n) is 8.37. The van der Waals surface area contributed by atoms with E-state index in [1.165, 1.54) is 6.07 Å². The van der Waals surface area contributed by atoms with Crippen LogP contribution in [0.25, 0.3) is 0 Å². The number of nitrogens with zero attached hydrogens (tertiary/aromatic N) is 2. The average molecular weight is 346 g/mol. The van der Waals surface area contributed by atoms with Crippen LogP contribution in [0.5, 0.6) is 5.75 Å². The minimum Gasteiger partial charge on any atom is -0.483 e. The van der Waals surface area contributed by atoms with Crippen molar-refractivity contribution in [1.29, 1.82) is 0 Å². The molecule has 25 heavy (non-hydrogen) atoms. The number of likely N-dealkylation sites (tertiary alicyclic amines) is 1. The third-order valence-electron chi connectivity index (χ3n) is 4.60. The lowest BCUT2D eigenvalue weighted by Gasteiger charge is -2.22. The van der Waals surface area contributed by atoms with E-state index in [9.17, 15) is 9.18 Å². The zero-order valence-electron chi connectivity index (χ0n) is 14.7. The normalized spacial score (nSPS) is 20.3. The zero-order chi connectivity index (χ0) is 18.0. The van der Waals surface area contributed by atoms with Crippen molar-refractivity contribution in [3.63, 3.8) is 0 Å². The van der Waals surface area contributed by atoms with Crippen LogP contribution in [-0.4, -0.2) is 48.9 Å². The standard InChI is InChI=1S/C19H23FN2O3/c1-13-10-22(11-16(13)21(2)3)19(23)18-9-8-14(25-18)12-24-17-7-5-4-6-15(17)20/h4-9,13,16H,10-12H2,1-3H3/t13-,16+/m1/s1. The molecule has 0 spiro atoms. The largest absolute Gasteiger partial charge is 0.483 e. The molecule has 0 bridgehead atoms. The maximum atomic E-state index is 13.5. The van der Waals surface area contributed by atoms with E-state index in [-0.39, 0.29) is 18.3 Å². The highest BCUT2D eigenvalue weighted by Gasteiger charge is 2.34. The van der Waals surface area contributed by atoms with E-state index in [1.54, 1.807) is 30.3 Å². The van der Waals surface area contributed by atoms with Gasteiger partial charge in [-0.25, -0.2) is 4.39 Å². The number of hydrogen-bond acceptors (Lipinski definition) is 4. The van der Waals surface area contributed by atoms with E-state index in [0.29, 0.717) is 36.6 Å². The number of benzene rings is 1. The fraction of sp³-hybridized carbons (Fsp3) is 0.421. The van der Waals surface area contributed by atoms with Crippen molar-refractivity contribution in [2.75, 3.05) is 27.2 Å². The monoisotopic (exact) mass is 346 g/mol. The molecular weight excluding hydrogens is 323 g/mol. The molecule has 1 aromatic heterocycles. The average Bonchev–Trinajstić information content (AvgIpc) is 3.20. The van der Waals surface area contributed by atoms with Crippen LogP contribution in [0, 0.1) is 11.7 Å². The van der Waals surface area contributed by atoms with E-state index >= 15 is 0 Å². The molecule has 6 heteroatoms. The molecule has 1 aliphatic heterocycles. The van der Waals surface area contributed by atoms with Gasteiger partial charge in [-0.15, -0.1) is 0 Å². The van der Waals surface area contributed by atoms with Gasteiger partial charge in [-0.05, 0) is 44.3 Å². The van der Waals surface area contributed by atoms with Gasteiger partial charge in [0.15, 0.2) is 17.3 Å². The van der Waals surface area contributed by atoms with Crippen molar-refractivity contribution in [3.8, 4) is 5.75 Å². The SMILES string of the molecule is C[C@@H]1CN(C(=O)c2ccc(COc3ccccc3F)o2)C[C@@H]1N(C)C. The summed E-state index contributed by atoms with van der Waals surface area (Å²) in [4.78, 5) is 16.6. The first-order valence-corrected chi connectivity index (χ1v) is 8.37. The molecule has 0 N–H and O–H groups in total. The van der Waals surface area contributed by atoms with E-state index in [1.807, 2.05) is 19.0 Å². The van der Waals surface area contributed by atoms with Gasteiger partial charge in [-0.3, -0.25) is 4.79 Å². The van der Waals surface area contributed by atoms with Gasteiger partial charge in [0.05, 0.1) is 0 Å². The summed E-state index contributed by atoms with van der Waals surface area (Å²) in [6.45, 7) is 3.62. The van der Waals surface area contributed by atoms with Gasteiger partial charge < -0.3 is 19.0 Å². The molecule has 0 aliphatic carbocycles. The second-order valence-electron chi connectivity index (χ2n) is 6.70. The van der Waals surface area contributed by atoms with Crippen LogP contribution in [-0.2, 0) is 6.61 Å². The molecule has 1 aromatic carbocycles. The Morgan fingerprint density at radius 2 is 2.04 bits per heavy atom. The smallest absolute Gasteiger partial charge is 0.289 e. The Hall–Kier alpha value is -2.34. The lowest BCUT2D eigenvalue weighted by Crippen LogP contribution is -2.35. The van der Waals surface area contributed by atoms with E-state index in [4.69, 9.17) is 9.15 Å². The Morgan fingerprint density at radius 1 is 1.28 bits per heavy atom. The third kappa shape index (κ3) is 3.85. The Kier molecular flexibility index (Phi) is 5.08. The number of ether oxygens (including phenoxy) is 1. The lowest BCUT2D eigenvalue weighted by molar-refractivity contribution is 0.0745. The molecule has 5 nitrogen and oxygen atoms in total. The number of para-hydroxylation sites is 1. The van der Waals surface area contributed by atoms with Gasteiger partial charge in [0.1, 0.15) is 12.4 Å². The van der Waals surface area contributed by atoms with E-state index in [2.05, 4.69) is 11.8 Å². The predicted molar refractivity (Wildman–Crippen MR) is 92.0 cm³/mol. The highest BCUT2D eigenvalue weighted by Crippen LogP contribution is 2.23. The van der Waals surface area contributed by atoms with Crippen molar-refractivity contribution in [2.24, 2.45) is 5.92 Å². The summed E-state index contributed by atoms with van der Waals surface area (Å²) in [5, 5.41) is 0. The summed E-state index contributed by atoms with van der Waals surface area (Å²) in [7, 11) is 4.06. The Balaban J connectivity index is 1.61. The van der Waals surface area contributed by atoms with Crippen LogP contribution in [0.4, 0.5) is 4.39 Å². The molecule has 0 saturated carbocycles. The second kappa shape index (κ2) is 7.27. The Labute approximate surface area is 147 Å². The number of rotatable bonds is 5.